The van der Waals surface area contributed by atoms with Gasteiger partial charge in [0, 0.05) is 37.6 Å². The van der Waals surface area contributed by atoms with E-state index in [-0.39, 0.29) is 18.1 Å². The zero-order valence-electron chi connectivity index (χ0n) is 11.0. The van der Waals surface area contributed by atoms with Gasteiger partial charge in [0.2, 0.25) is 5.91 Å². The number of nitrogens with zero attached hydrogens (tertiary/aromatic N) is 1. The Labute approximate surface area is 117 Å². The predicted molar refractivity (Wildman–Crippen MR) is 75.7 cm³/mol. The minimum atomic E-state index is -0.470. The average molecular weight is 275 g/mol. The number of rotatable bonds is 7. The molecule has 1 atom stereocenters. The van der Waals surface area contributed by atoms with E-state index in [0.29, 0.717) is 19.3 Å². The molecule has 0 spiro atoms. The SMILES string of the molecule is C#CCCCC(=O)NC[C@H](N)c1ccc([N+](=O)[O-])cc1. The molecule has 0 bridgehead atoms. The standard InChI is InChI=1S/C14H17N3O3/c1-2-3-4-5-14(18)16-10-13(15)11-6-8-12(9-7-11)17(19)20/h1,6-9,13H,3-5,10,15H2,(H,16,18)/t13-/m0/s1. The normalized spacial score (nSPS) is 11.4. The fraction of sp³-hybridized carbons (Fsp3) is 0.357. The van der Waals surface area contributed by atoms with E-state index in [1.165, 1.54) is 12.1 Å². The van der Waals surface area contributed by atoms with Gasteiger partial charge in [-0.1, -0.05) is 12.1 Å². The number of nitro benzene ring substituents is 1. The molecule has 1 rings (SSSR count). The lowest BCUT2D eigenvalue weighted by atomic mass is 10.1. The predicted octanol–water partition coefficient (Wildman–Crippen LogP) is 1.51. The van der Waals surface area contributed by atoms with Crippen LogP contribution in [0.3, 0.4) is 0 Å². The molecule has 0 saturated carbocycles. The van der Waals surface area contributed by atoms with Gasteiger partial charge >= 0.3 is 0 Å². The fourth-order valence-corrected chi connectivity index (χ4v) is 1.62. The Morgan fingerprint density at radius 3 is 2.65 bits per heavy atom. The molecule has 0 saturated heterocycles. The maximum atomic E-state index is 11.5. The molecule has 3 N–H and O–H groups in total. The smallest absolute Gasteiger partial charge is 0.269 e. The second-order valence-electron chi connectivity index (χ2n) is 4.32. The van der Waals surface area contributed by atoms with E-state index in [0.717, 1.165) is 5.56 Å². The number of benzene rings is 1. The fourth-order valence-electron chi connectivity index (χ4n) is 1.62. The van der Waals surface area contributed by atoms with Crippen molar-refractivity contribution in [1.82, 2.24) is 5.32 Å². The Hall–Kier alpha value is -2.39. The Balaban J connectivity index is 2.42. The lowest BCUT2D eigenvalue weighted by Gasteiger charge is -2.13. The van der Waals surface area contributed by atoms with Crippen molar-refractivity contribution >= 4 is 11.6 Å². The molecule has 6 heteroatoms. The maximum absolute atomic E-state index is 11.5. The van der Waals surface area contributed by atoms with Crippen molar-refractivity contribution in [2.24, 2.45) is 5.73 Å². The molecular formula is C14H17N3O3. The van der Waals surface area contributed by atoms with E-state index in [9.17, 15) is 14.9 Å². The van der Waals surface area contributed by atoms with E-state index in [4.69, 9.17) is 12.2 Å². The highest BCUT2D eigenvalue weighted by atomic mass is 16.6. The molecule has 0 aromatic heterocycles. The summed E-state index contributed by atoms with van der Waals surface area (Å²) in [6.45, 7) is 0.284. The van der Waals surface area contributed by atoms with Crippen molar-refractivity contribution in [3.63, 3.8) is 0 Å². The van der Waals surface area contributed by atoms with Crippen LogP contribution in [0.4, 0.5) is 5.69 Å². The second kappa shape index (κ2) is 7.92. The molecular weight excluding hydrogens is 258 g/mol. The first-order valence-corrected chi connectivity index (χ1v) is 6.24. The summed E-state index contributed by atoms with van der Waals surface area (Å²) in [7, 11) is 0. The summed E-state index contributed by atoms with van der Waals surface area (Å²) in [6.07, 6.45) is 6.69. The Bertz CT molecular complexity index is 505. The van der Waals surface area contributed by atoms with E-state index >= 15 is 0 Å². The van der Waals surface area contributed by atoms with Gasteiger partial charge in [-0.3, -0.25) is 14.9 Å². The van der Waals surface area contributed by atoms with Crippen LogP contribution in [-0.2, 0) is 4.79 Å². The molecule has 1 amide bonds. The maximum Gasteiger partial charge on any atom is 0.269 e. The van der Waals surface area contributed by atoms with E-state index in [1.807, 2.05) is 0 Å². The van der Waals surface area contributed by atoms with Gasteiger partial charge in [0.1, 0.15) is 0 Å². The molecule has 0 fully saturated rings. The van der Waals surface area contributed by atoms with E-state index in [1.54, 1.807) is 12.1 Å². The minimum Gasteiger partial charge on any atom is -0.354 e. The van der Waals surface area contributed by atoms with Crippen LogP contribution in [-0.4, -0.2) is 17.4 Å². The monoisotopic (exact) mass is 275 g/mol. The zero-order valence-corrected chi connectivity index (χ0v) is 11.0. The summed E-state index contributed by atoms with van der Waals surface area (Å²) < 4.78 is 0. The number of nitro groups is 1. The molecule has 1 aromatic rings. The van der Waals surface area contributed by atoms with Crippen LogP contribution in [0.15, 0.2) is 24.3 Å². The average Bonchev–Trinajstić information content (AvgIpc) is 2.45. The first-order valence-electron chi connectivity index (χ1n) is 6.24. The number of hydrogen-bond acceptors (Lipinski definition) is 4. The van der Waals surface area contributed by atoms with Gasteiger partial charge in [0.15, 0.2) is 0 Å². The third-order valence-electron chi connectivity index (χ3n) is 2.78. The van der Waals surface area contributed by atoms with Crippen LogP contribution in [0.1, 0.15) is 30.9 Å². The van der Waals surface area contributed by atoms with Crippen LogP contribution in [0, 0.1) is 22.5 Å². The van der Waals surface area contributed by atoms with Crippen LogP contribution in [0.25, 0.3) is 0 Å². The molecule has 0 aliphatic carbocycles. The largest absolute Gasteiger partial charge is 0.354 e. The highest BCUT2D eigenvalue weighted by molar-refractivity contribution is 5.75. The first-order chi connectivity index (χ1) is 9.54. The first kappa shape index (κ1) is 15.7. The number of nitrogens with two attached hydrogens (primary N) is 1. The van der Waals surface area contributed by atoms with Crippen molar-refractivity contribution in [3.05, 3.63) is 39.9 Å². The summed E-state index contributed by atoms with van der Waals surface area (Å²) in [4.78, 5) is 21.5. The summed E-state index contributed by atoms with van der Waals surface area (Å²) in [6, 6.07) is 5.57. The van der Waals surface area contributed by atoms with Crippen molar-refractivity contribution in [1.29, 1.82) is 0 Å². The number of carbonyl (C=O) groups excluding carboxylic acids is 1. The van der Waals surface area contributed by atoms with Crippen molar-refractivity contribution in [2.75, 3.05) is 6.54 Å². The van der Waals surface area contributed by atoms with Crippen molar-refractivity contribution < 1.29 is 9.72 Å². The number of amides is 1. The summed E-state index contributed by atoms with van der Waals surface area (Å²) >= 11 is 0. The van der Waals surface area contributed by atoms with Crippen molar-refractivity contribution in [3.8, 4) is 12.3 Å². The number of hydrogen-bond donors (Lipinski definition) is 2. The zero-order chi connectivity index (χ0) is 15.0. The molecule has 0 aliphatic heterocycles. The van der Waals surface area contributed by atoms with Gasteiger partial charge in [-0.05, 0) is 12.0 Å². The second-order valence-corrected chi connectivity index (χ2v) is 4.32. The van der Waals surface area contributed by atoms with Gasteiger partial charge in [-0.25, -0.2) is 0 Å². The molecule has 0 aliphatic rings. The van der Waals surface area contributed by atoms with Gasteiger partial charge in [0.05, 0.1) is 4.92 Å². The number of nitrogens with one attached hydrogen (secondary N) is 1. The summed E-state index contributed by atoms with van der Waals surface area (Å²) in [5.74, 6) is 2.37. The van der Waals surface area contributed by atoms with Gasteiger partial charge in [0.25, 0.3) is 5.69 Å². The number of carbonyl (C=O) groups is 1. The van der Waals surface area contributed by atoms with Crippen LogP contribution < -0.4 is 11.1 Å². The van der Waals surface area contributed by atoms with Gasteiger partial charge < -0.3 is 11.1 Å². The highest BCUT2D eigenvalue weighted by Crippen LogP contribution is 2.15. The molecule has 6 nitrogen and oxygen atoms in total. The third kappa shape index (κ3) is 5.08. The molecule has 0 unspecified atom stereocenters. The number of terminal acetylenes is 1. The Morgan fingerprint density at radius 1 is 1.45 bits per heavy atom. The molecule has 106 valence electrons. The van der Waals surface area contributed by atoms with Crippen LogP contribution in [0.5, 0.6) is 0 Å². The highest BCUT2D eigenvalue weighted by Gasteiger charge is 2.10. The van der Waals surface area contributed by atoms with E-state index < -0.39 is 11.0 Å². The van der Waals surface area contributed by atoms with Gasteiger partial charge in [-0.2, -0.15) is 0 Å². The Morgan fingerprint density at radius 2 is 2.10 bits per heavy atom. The lowest BCUT2D eigenvalue weighted by Crippen LogP contribution is -2.31. The van der Waals surface area contributed by atoms with E-state index in [2.05, 4.69) is 11.2 Å². The molecule has 0 radical (unpaired) electrons. The Kier molecular flexibility index (Phi) is 6.20. The summed E-state index contributed by atoms with van der Waals surface area (Å²) in [5.41, 5.74) is 6.66. The van der Waals surface area contributed by atoms with Crippen molar-refractivity contribution in [2.45, 2.75) is 25.3 Å². The molecule has 0 heterocycles. The van der Waals surface area contributed by atoms with Crippen LogP contribution >= 0.6 is 0 Å². The summed E-state index contributed by atoms with van der Waals surface area (Å²) in [5, 5.41) is 13.2. The number of unbranched alkanes of at least 4 members (excludes halogenated alkanes) is 1. The van der Waals surface area contributed by atoms with Crippen LogP contribution in [0.2, 0.25) is 0 Å². The molecule has 20 heavy (non-hydrogen) atoms. The van der Waals surface area contributed by atoms with Gasteiger partial charge in [-0.15, -0.1) is 12.3 Å². The number of non-ortho nitro benzene ring substituents is 1. The minimum absolute atomic E-state index is 0.0132. The molecule has 1 aromatic carbocycles. The third-order valence-corrected chi connectivity index (χ3v) is 2.78. The quantitative estimate of drug-likeness (QED) is 0.341. The lowest BCUT2D eigenvalue weighted by molar-refractivity contribution is -0.384. The topological polar surface area (TPSA) is 98.3 Å².